The summed E-state index contributed by atoms with van der Waals surface area (Å²) in [5.41, 5.74) is 6.35. The Balaban J connectivity index is 2.21. The van der Waals surface area contributed by atoms with Gasteiger partial charge in [0.05, 0.1) is 17.7 Å². The van der Waals surface area contributed by atoms with Gasteiger partial charge in [0.2, 0.25) is 5.82 Å². The molecule has 0 saturated carbocycles. The molecule has 2 rings (SSSR count). The van der Waals surface area contributed by atoms with Gasteiger partial charge in [0, 0.05) is 18.3 Å². The molecule has 0 fully saturated rings. The van der Waals surface area contributed by atoms with Gasteiger partial charge in [0.25, 0.3) is 0 Å². The Labute approximate surface area is 96.8 Å². The fourth-order valence-corrected chi connectivity index (χ4v) is 1.49. The Morgan fingerprint density at radius 1 is 1.47 bits per heavy atom. The molecule has 0 aliphatic rings. The number of nitrogen functional groups attached to an aromatic ring is 1. The number of nitro groups is 1. The average molecular weight is 236 g/mol. The van der Waals surface area contributed by atoms with Crippen LogP contribution in [0.25, 0.3) is 0 Å². The molecule has 0 radical (unpaired) electrons. The van der Waals surface area contributed by atoms with Crippen molar-refractivity contribution in [2.75, 3.05) is 5.73 Å². The molecule has 0 unspecified atom stereocenters. The Bertz CT molecular complexity index is 543. The van der Waals surface area contributed by atoms with Crippen molar-refractivity contribution in [1.29, 1.82) is 0 Å². The molecule has 90 valence electrons. The normalized spacial score (nSPS) is 10.6. The van der Waals surface area contributed by atoms with E-state index in [9.17, 15) is 10.1 Å². The predicted octanol–water partition coefficient (Wildman–Crippen LogP) is 0.638. The second-order valence-corrected chi connectivity index (χ2v) is 3.53. The van der Waals surface area contributed by atoms with E-state index in [4.69, 9.17) is 5.73 Å². The molecule has 8 heteroatoms. The smallest absolute Gasteiger partial charge is 0.330 e. The van der Waals surface area contributed by atoms with Crippen LogP contribution < -0.4 is 5.73 Å². The Hall–Kier alpha value is -2.38. The van der Waals surface area contributed by atoms with E-state index >= 15 is 0 Å². The molecule has 0 aliphatic carbocycles. The SMILES string of the molecule is CCn1cc(Cn2ncc([N+](=O)[O-])c2N)cn1. The second kappa shape index (κ2) is 4.24. The van der Waals surface area contributed by atoms with Crippen molar-refractivity contribution in [3.05, 3.63) is 34.3 Å². The molecule has 2 N–H and O–H groups in total. The van der Waals surface area contributed by atoms with Gasteiger partial charge in [-0.3, -0.25) is 14.8 Å². The number of nitrogens with zero attached hydrogens (tertiary/aromatic N) is 5. The van der Waals surface area contributed by atoms with E-state index in [0.29, 0.717) is 6.54 Å². The van der Waals surface area contributed by atoms with Crippen LogP contribution in [0.2, 0.25) is 0 Å². The van der Waals surface area contributed by atoms with Crippen molar-refractivity contribution < 1.29 is 4.92 Å². The highest BCUT2D eigenvalue weighted by Gasteiger charge is 2.17. The van der Waals surface area contributed by atoms with Gasteiger partial charge in [-0.05, 0) is 6.92 Å². The number of hydrogen-bond acceptors (Lipinski definition) is 5. The maximum Gasteiger partial charge on any atom is 0.330 e. The molecule has 0 amide bonds. The molecule has 17 heavy (non-hydrogen) atoms. The largest absolute Gasteiger partial charge is 0.378 e. The third-order valence-electron chi connectivity index (χ3n) is 2.40. The number of aromatic nitrogens is 4. The lowest BCUT2D eigenvalue weighted by molar-refractivity contribution is -0.384. The molecule has 2 aromatic rings. The summed E-state index contributed by atoms with van der Waals surface area (Å²) >= 11 is 0. The van der Waals surface area contributed by atoms with Crippen LogP contribution in [0.15, 0.2) is 18.6 Å². The van der Waals surface area contributed by atoms with Crippen molar-refractivity contribution in [2.24, 2.45) is 0 Å². The summed E-state index contributed by atoms with van der Waals surface area (Å²) in [5, 5.41) is 18.6. The summed E-state index contributed by atoms with van der Waals surface area (Å²) < 4.78 is 3.15. The summed E-state index contributed by atoms with van der Waals surface area (Å²) in [7, 11) is 0. The van der Waals surface area contributed by atoms with Crippen LogP contribution in [-0.2, 0) is 13.1 Å². The topological polar surface area (TPSA) is 105 Å². The molecule has 0 spiro atoms. The molecule has 0 aromatic carbocycles. The van der Waals surface area contributed by atoms with Crippen LogP contribution in [0.5, 0.6) is 0 Å². The molecule has 0 atom stereocenters. The van der Waals surface area contributed by atoms with Gasteiger partial charge in [0.1, 0.15) is 6.20 Å². The summed E-state index contributed by atoms with van der Waals surface area (Å²) in [6.45, 7) is 3.12. The summed E-state index contributed by atoms with van der Waals surface area (Å²) in [6.07, 6.45) is 4.70. The second-order valence-electron chi connectivity index (χ2n) is 3.53. The number of nitrogens with two attached hydrogens (primary N) is 1. The summed E-state index contributed by atoms with van der Waals surface area (Å²) in [5.74, 6) is 0.0549. The quantitative estimate of drug-likeness (QED) is 0.619. The molecule has 0 saturated heterocycles. The molecule has 2 aromatic heterocycles. The van der Waals surface area contributed by atoms with E-state index in [1.54, 1.807) is 10.9 Å². The zero-order chi connectivity index (χ0) is 12.4. The van der Waals surface area contributed by atoms with Gasteiger partial charge >= 0.3 is 5.69 Å². The van der Waals surface area contributed by atoms with Crippen molar-refractivity contribution >= 4 is 11.5 Å². The summed E-state index contributed by atoms with van der Waals surface area (Å²) in [4.78, 5) is 10.0. The third-order valence-corrected chi connectivity index (χ3v) is 2.40. The van der Waals surface area contributed by atoms with E-state index in [1.807, 2.05) is 13.1 Å². The molecular weight excluding hydrogens is 224 g/mol. The fourth-order valence-electron chi connectivity index (χ4n) is 1.49. The lowest BCUT2D eigenvalue weighted by Crippen LogP contribution is -2.06. The molecule has 2 heterocycles. The van der Waals surface area contributed by atoms with Crippen molar-refractivity contribution in [3.63, 3.8) is 0 Å². The van der Waals surface area contributed by atoms with Crippen LogP contribution in [0.3, 0.4) is 0 Å². The van der Waals surface area contributed by atoms with Gasteiger partial charge in [-0.2, -0.15) is 10.2 Å². The molecule has 0 aliphatic heterocycles. The highest BCUT2D eigenvalue weighted by atomic mass is 16.6. The Kier molecular flexibility index (Phi) is 2.77. The minimum atomic E-state index is -0.547. The van der Waals surface area contributed by atoms with Gasteiger partial charge in [0.15, 0.2) is 0 Å². The van der Waals surface area contributed by atoms with Crippen molar-refractivity contribution in [3.8, 4) is 0 Å². The van der Waals surface area contributed by atoms with E-state index in [2.05, 4.69) is 10.2 Å². The van der Waals surface area contributed by atoms with Gasteiger partial charge in [-0.1, -0.05) is 0 Å². The first kappa shape index (κ1) is 11.1. The lowest BCUT2D eigenvalue weighted by atomic mass is 10.3. The number of aryl methyl sites for hydroxylation is 1. The fraction of sp³-hybridized carbons (Fsp3) is 0.333. The number of anilines is 1. The number of rotatable bonds is 4. The highest BCUT2D eigenvalue weighted by Crippen LogP contribution is 2.20. The first-order valence-corrected chi connectivity index (χ1v) is 5.08. The van der Waals surface area contributed by atoms with Crippen LogP contribution in [0, 0.1) is 10.1 Å². The van der Waals surface area contributed by atoms with Crippen molar-refractivity contribution in [1.82, 2.24) is 19.6 Å². The van der Waals surface area contributed by atoms with Gasteiger partial charge < -0.3 is 5.73 Å². The first-order chi connectivity index (χ1) is 8.11. The van der Waals surface area contributed by atoms with Crippen molar-refractivity contribution in [2.45, 2.75) is 20.0 Å². The van der Waals surface area contributed by atoms with Gasteiger partial charge in [-0.25, -0.2) is 4.68 Å². The zero-order valence-electron chi connectivity index (χ0n) is 9.28. The minimum Gasteiger partial charge on any atom is -0.378 e. The molecule has 0 bridgehead atoms. The van der Waals surface area contributed by atoms with E-state index in [-0.39, 0.29) is 11.5 Å². The average Bonchev–Trinajstić information content (AvgIpc) is 2.87. The predicted molar refractivity (Wildman–Crippen MR) is 60.3 cm³/mol. The first-order valence-electron chi connectivity index (χ1n) is 5.08. The maximum atomic E-state index is 10.6. The van der Waals surface area contributed by atoms with E-state index < -0.39 is 4.92 Å². The van der Waals surface area contributed by atoms with E-state index in [1.165, 1.54) is 4.68 Å². The Morgan fingerprint density at radius 2 is 2.24 bits per heavy atom. The number of hydrogen-bond donors (Lipinski definition) is 1. The van der Waals surface area contributed by atoms with Crippen LogP contribution in [0.1, 0.15) is 12.5 Å². The maximum absolute atomic E-state index is 10.6. The molecule has 8 nitrogen and oxygen atoms in total. The highest BCUT2D eigenvalue weighted by molar-refractivity contribution is 5.51. The monoisotopic (exact) mass is 236 g/mol. The minimum absolute atomic E-state index is 0.0549. The summed E-state index contributed by atoms with van der Waals surface area (Å²) in [6, 6.07) is 0. The third kappa shape index (κ3) is 2.10. The van der Waals surface area contributed by atoms with Crippen LogP contribution in [-0.4, -0.2) is 24.5 Å². The molecular formula is C9H12N6O2. The lowest BCUT2D eigenvalue weighted by Gasteiger charge is -2.00. The van der Waals surface area contributed by atoms with Gasteiger partial charge in [-0.15, -0.1) is 0 Å². The standard InChI is InChI=1S/C9H12N6O2/c1-2-13-5-7(3-11-13)6-14-9(10)8(4-12-14)15(16)17/h3-5H,2,6,10H2,1H3. The Morgan fingerprint density at radius 3 is 2.76 bits per heavy atom. The van der Waals surface area contributed by atoms with Crippen LogP contribution in [0.4, 0.5) is 11.5 Å². The zero-order valence-corrected chi connectivity index (χ0v) is 9.28. The van der Waals surface area contributed by atoms with E-state index in [0.717, 1.165) is 18.3 Å². The van der Waals surface area contributed by atoms with Crippen LogP contribution >= 0.6 is 0 Å².